The van der Waals surface area contributed by atoms with Crippen molar-refractivity contribution in [2.75, 3.05) is 13.2 Å². The van der Waals surface area contributed by atoms with Gasteiger partial charge in [0, 0.05) is 18.7 Å². The Morgan fingerprint density at radius 2 is 1.74 bits per heavy atom. The maximum atomic E-state index is 8.77. The molecule has 124 valence electrons. The van der Waals surface area contributed by atoms with Gasteiger partial charge in [-0.15, -0.1) is 0 Å². The molecule has 2 rings (SSSR count). The van der Waals surface area contributed by atoms with E-state index in [-0.39, 0.29) is 6.61 Å². The van der Waals surface area contributed by atoms with Gasteiger partial charge in [-0.2, -0.15) is 0 Å². The molecule has 2 N–H and O–H groups in total. The maximum Gasteiger partial charge on any atom is 0.124 e. The minimum absolute atomic E-state index is 0.287. The predicted molar refractivity (Wildman–Crippen MR) is 94.6 cm³/mol. The fraction of sp³-hybridized carbons (Fsp3) is 0.400. The number of aliphatic hydroxyl groups excluding tert-OH is 1. The molecule has 0 aromatic heterocycles. The Balaban J connectivity index is 1.81. The SMILES string of the molecule is Cc1ccc(COc2ccccc2CNCCCCCO)cc1. The fourth-order valence-corrected chi connectivity index (χ4v) is 2.40. The first-order valence-electron chi connectivity index (χ1n) is 8.37. The highest BCUT2D eigenvalue weighted by Gasteiger charge is 2.03. The number of rotatable bonds is 10. The van der Waals surface area contributed by atoms with E-state index in [2.05, 4.69) is 42.6 Å². The van der Waals surface area contributed by atoms with Crippen molar-refractivity contribution in [3.8, 4) is 5.75 Å². The molecule has 0 fully saturated rings. The Morgan fingerprint density at radius 3 is 2.52 bits per heavy atom. The Morgan fingerprint density at radius 1 is 0.957 bits per heavy atom. The van der Waals surface area contributed by atoms with E-state index in [1.807, 2.05) is 18.2 Å². The van der Waals surface area contributed by atoms with E-state index in [1.165, 1.54) is 16.7 Å². The lowest BCUT2D eigenvalue weighted by Crippen LogP contribution is -2.15. The molecule has 2 aromatic carbocycles. The van der Waals surface area contributed by atoms with Crippen LogP contribution in [-0.2, 0) is 13.2 Å². The smallest absolute Gasteiger partial charge is 0.124 e. The van der Waals surface area contributed by atoms with Gasteiger partial charge in [0.05, 0.1) is 0 Å². The number of benzene rings is 2. The quantitative estimate of drug-likeness (QED) is 0.655. The average Bonchev–Trinajstić information content (AvgIpc) is 2.58. The highest BCUT2D eigenvalue weighted by atomic mass is 16.5. The van der Waals surface area contributed by atoms with Gasteiger partial charge in [-0.25, -0.2) is 0 Å². The Labute approximate surface area is 139 Å². The van der Waals surface area contributed by atoms with Crippen molar-refractivity contribution in [3.05, 3.63) is 65.2 Å². The molecule has 3 nitrogen and oxygen atoms in total. The van der Waals surface area contributed by atoms with Gasteiger partial charge >= 0.3 is 0 Å². The third-order valence-electron chi connectivity index (χ3n) is 3.81. The number of nitrogens with one attached hydrogen (secondary N) is 1. The van der Waals surface area contributed by atoms with Gasteiger partial charge in [-0.3, -0.25) is 0 Å². The van der Waals surface area contributed by atoms with Gasteiger partial charge in [0.25, 0.3) is 0 Å². The molecule has 0 unspecified atom stereocenters. The molecule has 23 heavy (non-hydrogen) atoms. The summed E-state index contributed by atoms with van der Waals surface area (Å²) >= 11 is 0. The van der Waals surface area contributed by atoms with Crippen molar-refractivity contribution < 1.29 is 9.84 Å². The van der Waals surface area contributed by atoms with Gasteiger partial charge in [0.15, 0.2) is 0 Å². The zero-order valence-corrected chi connectivity index (χ0v) is 13.9. The molecule has 0 aliphatic carbocycles. The predicted octanol–water partition coefficient (Wildman–Crippen LogP) is 3.83. The van der Waals surface area contributed by atoms with Crippen LogP contribution in [0.15, 0.2) is 48.5 Å². The Kier molecular flexibility index (Phi) is 7.64. The van der Waals surface area contributed by atoms with Crippen LogP contribution in [0.25, 0.3) is 0 Å². The van der Waals surface area contributed by atoms with Crippen LogP contribution in [-0.4, -0.2) is 18.3 Å². The first-order chi connectivity index (χ1) is 11.3. The molecular formula is C20H27NO2. The molecule has 0 bridgehead atoms. The van der Waals surface area contributed by atoms with E-state index in [1.54, 1.807) is 0 Å². The molecule has 0 amide bonds. The minimum atomic E-state index is 0.287. The Hall–Kier alpha value is -1.84. The molecular weight excluding hydrogens is 286 g/mol. The lowest BCUT2D eigenvalue weighted by Gasteiger charge is -2.12. The van der Waals surface area contributed by atoms with Gasteiger partial charge in [-0.05, 0) is 44.4 Å². The maximum absolute atomic E-state index is 8.77. The van der Waals surface area contributed by atoms with Crippen molar-refractivity contribution in [2.45, 2.75) is 39.3 Å². The van der Waals surface area contributed by atoms with E-state index in [4.69, 9.17) is 9.84 Å². The number of para-hydroxylation sites is 1. The second kappa shape index (κ2) is 10.0. The van der Waals surface area contributed by atoms with Crippen LogP contribution in [0.1, 0.15) is 36.0 Å². The largest absolute Gasteiger partial charge is 0.489 e. The lowest BCUT2D eigenvalue weighted by atomic mass is 10.1. The Bertz CT molecular complexity index is 566. The van der Waals surface area contributed by atoms with Crippen LogP contribution in [0.5, 0.6) is 5.75 Å². The van der Waals surface area contributed by atoms with Gasteiger partial charge < -0.3 is 15.2 Å². The summed E-state index contributed by atoms with van der Waals surface area (Å²) in [5.41, 5.74) is 3.63. The summed E-state index contributed by atoms with van der Waals surface area (Å²) in [5, 5.41) is 12.2. The molecule has 3 heteroatoms. The topological polar surface area (TPSA) is 41.5 Å². The zero-order chi connectivity index (χ0) is 16.3. The van der Waals surface area contributed by atoms with E-state index < -0.39 is 0 Å². The molecule has 0 aliphatic heterocycles. The molecule has 0 heterocycles. The molecule has 0 atom stereocenters. The molecule has 2 aromatic rings. The monoisotopic (exact) mass is 313 g/mol. The summed E-state index contributed by atoms with van der Waals surface area (Å²) in [6.45, 7) is 4.74. The normalized spacial score (nSPS) is 10.7. The second-order valence-electron chi connectivity index (χ2n) is 5.84. The van der Waals surface area contributed by atoms with Crippen molar-refractivity contribution in [3.63, 3.8) is 0 Å². The molecule has 0 aliphatic rings. The van der Waals surface area contributed by atoms with Crippen LogP contribution in [0.2, 0.25) is 0 Å². The number of hydrogen-bond donors (Lipinski definition) is 2. The highest BCUT2D eigenvalue weighted by molar-refractivity contribution is 5.33. The standard InChI is InChI=1S/C20H27NO2/c1-17-9-11-18(12-10-17)16-23-20-8-4-3-7-19(20)15-21-13-5-2-6-14-22/h3-4,7-12,21-22H,2,5-6,13-16H2,1H3. The molecule has 0 radical (unpaired) electrons. The highest BCUT2D eigenvalue weighted by Crippen LogP contribution is 2.19. The van der Waals surface area contributed by atoms with E-state index in [0.29, 0.717) is 6.61 Å². The number of ether oxygens (including phenoxy) is 1. The zero-order valence-electron chi connectivity index (χ0n) is 13.9. The molecule has 0 saturated heterocycles. The van der Waals surface area contributed by atoms with Gasteiger partial charge in [0.2, 0.25) is 0 Å². The van der Waals surface area contributed by atoms with Crippen LogP contribution >= 0.6 is 0 Å². The van der Waals surface area contributed by atoms with Crippen molar-refractivity contribution >= 4 is 0 Å². The number of hydrogen-bond acceptors (Lipinski definition) is 3. The summed E-state index contributed by atoms with van der Waals surface area (Å²) in [4.78, 5) is 0. The molecule has 0 saturated carbocycles. The first-order valence-corrected chi connectivity index (χ1v) is 8.37. The van der Waals surface area contributed by atoms with E-state index in [0.717, 1.165) is 38.1 Å². The lowest BCUT2D eigenvalue weighted by molar-refractivity contribution is 0.282. The summed E-state index contributed by atoms with van der Waals surface area (Å²) < 4.78 is 5.99. The first kappa shape index (κ1) is 17.5. The molecule has 0 spiro atoms. The summed E-state index contributed by atoms with van der Waals surface area (Å²) in [7, 11) is 0. The van der Waals surface area contributed by atoms with Crippen molar-refractivity contribution in [1.29, 1.82) is 0 Å². The summed E-state index contributed by atoms with van der Waals surface area (Å²) in [5.74, 6) is 0.941. The number of aliphatic hydroxyl groups is 1. The van der Waals surface area contributed by atoms with Crippen LogP contribution in [0.4, 0.5) is 0 Å². The van der Waals surface area contributed by atoms with E-state index >= 15 is 0 Å². The third kappa shape index (κ3) is 6.43. The van der Waals surface area contributed by atoms with Crippen molar-refractivity contribution in [2.24, 2.45) is 0 Å². The van der Waals surface area contributed by atoms with Crippen LogP contribution in [0.3, 0.4) is 0 Å². The summed E-state index contributed by atoms with van der Waals surface area (Å²) in [6, 6.07) is 16.6. The number of unbranched alkanes of at least 4 members (excludes halogenated alkanes) is 2. The van der Waals surface area contributed by atoms with E-state index in [9.17, 15) is 0 Å². The fourth-order valence-electron chi connectivity index (χ4n) is 2.40. The second-order valence-corrected chi connectivity index (χ2v) is 5.84. The minimum Gasteiger partial charge on any atom is -0.489 e. The third-order valence-corrected chi connectivity index (χ3v) is 3.81. The van der Waals surface area contributed by atoms with Crippen LogP contribution in [0, 0.1) is 6.92 Å². The van der Waals surface area contributed by atoms with Crippen molar-refractivity contribution in [1.82, 2.24) is 5.32 Å². The van der Waals surface area contributed by atoms with Gasteiger partial charge in [-0.1, -0.05) is 48.0 Å². The van der Waals surface area contributed by atoms with Crippen LogP contribution < -0.4 is 10.1 Å². The number of aryl methyl sites for hydroxylation is 1. The summed E-state index contributed by atoms with van der Waals surface area (Å²) in [6.07, 6.45) is 3.04. The van der Waals surface area contributed by atoms with Gasteiger partial charge in [0.1, 0.15) is 12.4 Å². The average molecular weight is 313 g/mol.